The molecule has 27 heavy (non-hydrogen) atoms. The molecule has 0 saturated carbocycles. The number of carbonyl (C=O) groups is 3. The third-order valence-electron chi connectivity index (χ3n) is 4.34. The molecule has 1 fully saturated rings. The van der Waals surface area contributed by atoms with Gasteiger partial charge in [0.2, 0.25) is 5.91 Å². The highest BCUT2D eigenvalue weighted by molar-refractivity contribution is 6.31. The van der Waals surface area contributed by atoms with Gasteiger partial charge in [0.1, 0.15) is 11.8 Å². The van der Waals surface area contributed by atoms with Crippen molar-refractivity contribution in [1.29, 1.82) is 0 Å². The standard InChI is InChI=1S/C19H17ClN2O5/c1-10-3-4-11(19(25)26)7-13(10)21-14-9-17(23)22(18(14)24)15-8-12(20)5-6-16(15)27-2/h3-8,14,21H,9H2,1-2H3,(H,25,26)/t14-/m1/s1. The van der Waals surface area contributed by atoms with Crippen molar-refractivity contribution in [3.8, 4) is 5.75 Å². The molecule has 1 atom stereocenters. The Bertz CT molecular complexity index is 944. The number of rotatable bonds is 5. The van der Waals surface area contributed by atoms with Crippen molar-refractivity contribution in [2.75, 3.05) is 17.3 Å². The smallest absolute Gasteiger partial charge is 0.335 e. The Morgan fingerprint density at radius 3 is 2.67 bits per heavy atom. The lowest BCUT2D eigenvalue weighted by atomic mass is 10.1. The van der Waals surface area contributed by atoms with E-state index in [0.29, 0.717) is 16.5 Å². The molecule has 2 N–H and O–H groups in total. The summed E-state index contributed by atoms with van der Waals surface area (Å²) in [5.74, 6) is -1.58. The first-order valence-electron chi connectivity index (χ1n) is 8.12. The molecule has 1 saturated heterocycles. The van der Waals surface area contributed by atoms with Gasteiger partial charge in [0.25, 0.3) is 5.91 Å². The van der Waals surface area contributed by atoms with E-state index in [1.165, 1.54) is 25.3 Å². The van der Waals surface area contributed by atoms with Crippen molar-refractivity contribution >= 4 is 40.8 Å². The zero-order chi connectivity index (χ0) is 19.7. The van der Waals surface area contributed by atoms with Gasteiger partial charge in [-0.15, -0.1) is 0 Å². The molecule has 8 heteroatoms. The first-order chi connectivity index (χ1) is 12.8. The van der Waals surface area contributed by atoms with Crippen LogP contribution in [0.3, 0.4) is 0 Å². The van der Waals surface area contributed by atoms with Crippen LogP contribution >= 0.6 is 11.6 Å². The summed E-state index contributed by atoms with van der Waals surface area (Å²) < 4.78 is 5.23. The van der Waals surface area contributed by atoms with Crippen LogP contribution in [0.2, 0.25) is 5.02 Å². The maximum atomic E-state index is 12.9. The fourth-order valence-corrected chi connectivity index (χ4v) is 3.10. The molecule has 7 nitrogen and oxygen atoms in total. The van der Waals surface area contributed by atoms with Gasteiger partial charge in [-0.3, -0.25) is 9.59 Å². The predicted octanol–water partition coefficient (Wildman–Crippen LogP) is 3.10. The first-order valence-corrected chi connectivity index (χ1v) is 8.50. The third-order valence-corrected chi connectivity index (χ3v) is 4.58. The van der Waals surface area contributed by atoms with Crippen LogP contribution in [0.4, 0.5) is 11.4 Å². The van der Waals surface area contributed by atoms with Crippen LogP contribution in [0.1, 0.15) is 22.3 Å². The second kappa shape index (κ2) is 7.28. The van der Waals surface area contributed by atoms with Crippen molar-refractivity contribution in [3.05, 3.63) is 52.5 Å². The monoisotopic (exact) mass is 388 g/mol. The number of imide groups is 1. The number of halogens is 1. The van der Waals surface area contributed by atoms with Gasteiger partial charge in [-0.25, -0.2) is 9.69 Å². The Hall–Kier alpha value is -3.06. The molecule has 0 bridgehead atoms. The summed E-state index contributed by atoms with van der Waals surface area (Å²) in [6.45, 7) is 1.78. The predicted molar refractivity (Wildman–Crippen MR) is 101 cm³/mol. The molecule has 1 aliphatic heterocycles. The van der Waals surface area contributed by atoms with E-state index >= 15 is 0 Å². The highest BCUT2D eigenvalue weighted by Gasteiger charge is 2.41. The van der Waals surface area contributed by atoms with Gasteiger partial charge in [0, 0.05) is 10.7 Å². The third kappa shape index (κ3) is 3.59. The maximum absolute atomic E-state index is 12.9. The number of carbonyl (C=O) groups excluding carboxylic acids is 2. The maximum Gasteiger partial charge on any atom is 0.335 e. The lowest BCUT2D eigenvalue weighted by Crippen LogP contribution is -2.35. The van der Waals surface area contributed by atoms with Crippen molar-refractivity contribution in [3.63, 3.8) is 0 Å². The number of nitrogens with zero attached hydrogens (tertiary/aromatic N) is 1. The zero-order valence-electron chi connectivity index (χ0n) is 14.7. The molecule has 3 rings (SSSR count). The molecule has 0 spiro atoms. The Labute approximate surface area is 160 Å². The van der Waals surface area contributed by atoms with Gasteiger partial charge in [-0.2, -0.15) is 0 Å². The Morgan fingerprint density at radius 2 is 2.00 bits per heavy atom. The van der Waals surface area contributed by atoms with Gasteiger partial charge >= 0.3 is 5.97 Å². The quantitative estimate of drug-likeness (QED) is 0.764. The number of carboxylic acids is 1. The molecule has 0 radical (unpaired) electrons. The summed E-state index contributed by atoms with van der Waals surface area (Å²) in [7, 11) is 1.44. The number of nitrogens with one attached hydrogen (secondary N) is 1. The van der Waals surface area contributed by atoms with Gasteiger partial charge in [-0.05, 0) is 42.8 Å². The second-order valence-electron chi connectivity index (χ2n) is 6.12. The van der Waals surface area contributed by atoms with Crippen LogP contribution in [0.15, 0.2) is 36.4 Å². The number of amides is 2. The van der Waals surface area contributed by atoms with Crippen LogP contribution < -0.4 is 15.0 Å². The molecular formula is C19H17ClN2O5. The number of hydrogen-bond acceptors (Lipinski definition) is 5. The lowest BCUT2D eigenvalue weighted by molar-refractivity contribution is -0.121. The molecule has 2 aromatic rings. The van der Waals surface area contributed by atoms with Crippen LogP contribution in [0, 0.1) is 6.92 Å². The molecular weight excluding hydrogens is 372 g/mol. The van der Waals surface area contributed by atoms with Crippen LogP contribution in [0.5, 0.6) is 5.75 Å². The van der Waals surface area contributed by atoms with Crippen molar-refractivity contribution in [2.45, 2.75) is 19.4 Å². The number of aromatic carboxylic acids is 1. The minimum Gasteiger partial charge on any atom is -0.495 e. The summed E-state index contributed by atoms with van der Waals surface area (Å²) in [6.07, 6.45) is -0.0642. The van der Waals surface area contributed by atoms with E-state index in [2.05, 4.69) is 5.32 Å². The van der Waals surface area contributed by atoms with E-state index in [-0.39, 0.29) is 17.7 Å². The molecule has 2 aromatic carbocycles. The van der Waals surface area contributed by atoms with Crippen LogP contribution in [-0.4, -0.2) is 36.0 Å². The average molecular weight is 389 g/mol. The fourth-order valence-electron chi connectivity index (χ4n) is 2.93. The molecule has 1 heterocycles. The number of anilines is 2. The molecule has 0 aromatic heterocycles. The largest absolute Gasteiger partial charge is 0.495 e. The number of hydrogen-bond donors (Lipinski definition) is 2. The molecule has 2 amide bonds. The molecule has 140 valence electrons. The first kappa shape index (κ1) is 18.7. The van der Waals surface area contributed by atoms with E-state index in [0.717, 1.165) is 10.5 Å². The number of methoxy groups -OCH3 is 1. The fraction of sp³-hybridized carbons (Fsp3) is 0.211. The van der Waals surface area contributed by atoms with Crippen molar-refractivity contribution in [1.82, 2.24) is 0 Å². The van der Waals surface area contributed by atoms with E-state index in [4.69, 9.17) is 21.4 Å². The molecule has 0 unspecified atom stereocenters. The summed E-state index contributed by atoms with van der Waals surface area (Å²) in [5.41, 5.74) is 1.62. The Balaban J connectivity index is 1.91. The number of ether oxygens (including phenoxy) is 1. The van der Waals surface area contributed by atoms with E-state index in [9.17, 15) is 14.4 Å². The Morgan fingerprint density at radius 1 is 1.26 bits per heavy atom. The van der Waals surface area contributed by atoms with E-state index < -0.39 is 23.8 Å². The SMILES string of the molecule is COc1ccc(Cl)cc1N1C(=O)C[C@@H](Nc2cc(C(=O)O)ccc2C)C1=O. The number of carboxylic acid groups (broad SMARTS) is 1. The summed E-state index contributed by atoms with van der Waals surface area (Å²) >= 11 is 6.01. The van der Waals surface area contributed by atoms with Crippen molar-refractivity contribution < 1.29 is 24.2 Å². The van der Waals surface area contributed by atoms with Gasteiger partial charge in [0.05, 0.1) is 24.8 Å². The highest BCUT2D eigenvalue weighted by atomic mass is 35.5. The zero-order valence-corrected chi connectivity index (χ0v) is 15.4. The topological polar surface area (TPSA) is 95.9 Å². The average Bonchev–Trinajstić information content (AvgIpc) is 2.90. The highest BCUT2D eigenvalue weighted by Crippen LogP contribution is 2.35. The number of aryl methyl sites for hydroxylation is 1. The minimum atomic E-state index is -1.07. The van der Waals surface area contributed by atoms with Crippen molar-refractivity contribution in [2.24, 2.45) is 0 Å². The normalized spacial score (nSPS) is 16.6. The Kier molecular flexibility index (Phi) is 5.05. The second-order valence-corrected chi connectivity index (χ2v) is 6.56. The van der Waals surface area contributed by atoms with Crippen LogP contribution in [0.25, 0.3) is 0 Å². The summed E-state index contributed by atoms with van der Waals surface area (Å²) in [4.78, 5) is 37.6. The number of benzene rings is 2. The van der Waals surface area contributed by atoms with Gasteiger partial charge in [-0.1, -0.05) is 17.7 Å². The lowest BCUT2D eigenvalue weighted by Gasteiger charge is -2.19. The van der Waals surface area contributed by atoms with E-state index in [1.807, 2.05) is 0 Å². The van der Waals surface area contributed by atoms with Crippen LogP contribution in [-0.2, 0) is 9.59 Å². The van der Waals surface area contributed by atoms with Gasteiger partial charge < -0.3 is 15.2 Å². The molecule has 1 aliphatic rings. The molecule has 0 aliphatic carbocycles. The van der Waals surface area contributed by atoms with Gasteiger partial charge in [0.15, 0.2) is 0 Å². The minimum absolute atomic E-state index is 0.0642. The van der Waals surface area contributed by atoms with E-state index in [1.54, 1.807) is 25.1 Å². The summed E-state index contributed by atoms with van der Waals surface area (Å²) in [6, 6.07) is 8.43. The summed E-state index contributed by atoms with van der Waals surface area (Å²) in [5, 5.41) is 12.5.